The van der Waals surface area contributed by atoms with E-state index in [4.69, 9.17) is 0 Å². The Morgan fingerprint density at radius 3 is 2.64 bits per heavy atom. The van der Waals surface area contributed by atoms with E-state index in [1.165, 1.54) is 0 Å². The van der Waals surface area contributed by atoms with Crippen LogP contribution < -0.4 is 4.90 Å². The van der Waals surface area contributed by atoms with Gasteiger partial charge in [0.2, 0.25) is 0 Å². The van der Waals surface area contributed by atoms with Gasteiger partial charge < -0.3 is 9.47 Å². The number of nitrogens with zero attached hydrogens (tertiary/aromatic N) is 4. The third-order valence-corrected chi connectivity index (χ3v) is 4.89. The Bertz CT molecular complexity index is 1010. The molecule has 0 aliphatic heterocycles. The van der Waals surface area contributed by atoms with Crippen molar-refractivity contribution >= 4 is 34.1 Å². The minimum atomic E-state index is 0.681. The van der Waals surface area contributed by atoms with Crippen LogP contribution in [0.4, 0.5) is 5.82 Å². The Labute approximate surface area is 152 Å². The number of thioether (sulfide) groups is 1. The lowest BCUT2D eigenvalue weighted by Crippen LogP contribution is -2.11. The first-order chi connectivity index (χ1) is 11.9. The van der Waals surface area contributed by atoms with Gasteiger partial charge in [-0.25, -0.2) is 4.98 Å². The van der Waals surface area contributed by atoms with E-state index in [0.29, 0.717) is 5.56 Å². The van der Waals surface area contributed by atoms with Crippen molar-refractivity contribution in [2.75, 3.05) is 25.3 Å². The highest BCUT2D eigenvalue weighted by atomic mass is 32.2. The summed E-state index contributed by atoms with van der Waals surface area (Å²) in [6, 6.07) is 12.5. The first-order valence-corrected chi connectivity index (χ1v) is 9.09. The van der Waals surface area contributed by atoms with Gasteiger partial charge in [-0.05, 0) is 47.2 Å². The van der Waals surface area contributed by atoms with Crippen LogP contribution in [0.2, 0.25) is 0 Å². The maximum absolute atomic E-state index is 9.36. The standard InChI is InChI=1S/C20H20N4S/c1-13(15-9-19(23(2)3)22-20(10-15)25-5)14-6-7-18-17(8-14)16(11-21)12-24(18)4/h6-10,12H,1H2,2-5H3. The molecule has 4 nitrogen and oxygen atoms in total. The second-order valence-corrected chi connectivity index (χ2v) is 6.95. The van der Waals surface area contributed by atoms with Crippen molar-refractivity contribution in [3.63, 3.8) is 0 Å². The topological polar surface area (TPSA) is 44.9 Å². The van der Waals surface area contributed by atoms with Gasteiger partial charge >= 0.3 is 0 Å². The summed E-state index contributed by atoms with van der Waals surface area (Å²) < 4.78 is 1.98. The molecule has 25 heavy (non-hydrogen) atoms. The normalized spacial score (nSPS) is 10.7. The van der Waals surface area contributed by atoms with Gasteiger partial charge in [-0.2, -0.15) is 5.26 Å². The molecule has 1 aromatic carbocycles. The minimum absolute atomic E-state index is 0.681. The molecule has 0 atom stereocenters. The molecule has 0 spiro atoms. The van der Waals surface area contributed by atoms with Crippen LogP contribution in [0.1, 0.15) is 16.7 Å². The molecule has 0 amide bonds. The van der Waals surface area contributed by atoms with E-state index in [2.05, 4.69) is 29.8 Å². The van der Waals surface area contributed by atoms with Crippen molar-refractivity contribution < 1.29 is 0 Å². The van der Waals surface area contributed by atoms with E-state index >= 15 is 0 Å². The molecular formula is C20H20N4S. The fraction of sp³-hybridized carbons (Fsp3) is 0.200. The van der Waals surface area contributed by atoms with Crippen molar-refractivity contribution in [3.8, 4) is 6.07 Å². The second-order valence-electron chi connectivity index (χ2n) is 6.13. The zero-order valence-electron chi connectivity index (χ0n) is 14.9. The van der Waals surface area contributed by atoms with E-state index in [-0.39, 0.29) is 0 Å². The highest BCUT2D eigenvalue weighted by Crippen LogP contribution is 2.30. The van der Waals surface area contributed by atoms with Crippen LogP contribution >= 0.6 is 11.8 Å². The summed E-state index contributed by atoms with van der Waals surface area (Å²) in [5.74, 6) is 0.904. The maximum Gasteiger partial charge on any atom is 0.129 e. The molecule has 0 radical (unpaired) electrons. The number of aromatic nitrogens is 2. The summed E-state index contributed by atoms with van der Waals surface area (Å²) in [5.41, 5.74) is 4.70. The maximum atomic E-state index is 9.36. The number of hydrogen-bond donors (Lipinski definition) is 0. The van der Waals surface area contributed by atoms with Gasteiger partial charge in [0.25, 0.3) is 0 Å². The Kier molecular flexibility index (Phi) is 4.56. The number of benzene rings is 1. The lowest BCUT2D eigenvalue weighted by Gasteiger charge is -2.15. The SMILES string of the molecule is C=C(c1cc(SC)nc(N(C)C)c1)c1ccc2c(c1)c(C#N)cn2C. The minimum Gasteiger partial charge on any atom is -0.363 e. The largest absolute Gasteiger partial charge is 0.363 e. The van der Waals surface area contributed by atoms with E-state index in [9.17, 15) is 5.26 Å². The molecule has 2 aromatic heterocycles. The highest BCUT2D eigenvalue weighted by Gasteiger charge is 2.12. The van der Waals surface area contributed by atoms with Gasteiger partial charge in [0.15, 0.2) is 0 Å². The highest BCUT2D eigenvalue weighted by molar-refractivity contribution is 7.98. The molecule has 0 fully saturated rings. The van der Waals surface area contributed by atoms with Crippen LogP contribution in [-0.2, 0) is 7.05 Å². The van der Waals surface area contributed by atoms with Crippen molar-refractivity contribution in [2.24, 2.45) is 7.05 Å². The number of pyridine rings is 1. The molecule has 0 saturated carbocycles. The van der Waals surface area contributed by atoms with Gasteiger partial charge in [0, 0.05) is 38.2 Å². The summed E-state index contributed by atoms with van der Waals surface area (Å²) in [6.45, 7) is 4.29. The number of fused-ring (bicyclic) bond motifs is 1. The van der Waals surface area contributed by atoms with Crippen LogP contribution in [0.15, 0.2) is 48.1 Å². The molecule has 0 unspecified atom stereocenters. The first-order valence-electron chi connectivity index (χ1n) is 7.87. The zero-order valence-corrected chi connectivity index (χ0v) is 15.7. The van der Waals surface area contributed by atoms with Gasteiger partial charge in [-0.15, -0.1) is 11.8 Å². The Morgan fingerprint density at radius 2 is 2.00 bits per heavy atom. The molecule has 126 valence electrons. The number of nitriles is 1. The van der Waals surface area contributed by atoms with Crippen LogP contribution in [0.3, 0.4) is 0 Å². The fourth-order valence-corrected chi connectivity index (χ4v) is 3.26. The van der Waals surface area contributed by atoms with Crippen LogP contribution in [0.5, 0.6) is 0 Å². The predicted molar refractivity (Wildman–Crippen MR) is 106 cm³/mol. The van der Waals surface area contributed by atoms with Crippen molar-refractivity contribution in [3.05, 3.63) is 59.8 Å². The molecule has 0 N–H and O–H groups in total. The average Bonchev–Trinajstić information content (AvgIpc) is 2.95. The zero-order chi connectivity index (χ0) is 18.1. The molecule has 0 saturated heterocycles. The van der Waals surface area contributed by atoms with E-state index in [1.807, 2.05) is 61.3 Å². The average molecular weight is 348 g/mol. The van der Waals surface area contributed by atoms with Crippen LogP contribution in [0.25, 0.3) is 16.5 Å². The quantitative estimate of drug-likeness (QED) is 0.660. The van der Waals surface area contributed by atoms with E-state index in [1.54, 1.807) is 11.8 Å². The lowest BCUT2D eigenvalue weighted by molar-refractivity contribution is 0.967. The number of anilines is 1. The molecule has 0 aliphatic rings. The lowest BCUT2D eigenvalue weighted by atomic mass is 9.98. The summed E-state index contributed by atoms with van der Waals surface area (Å²) in [5, 5.41) is 11.3. The Hall–Kier alpha value is -2.71. The molecular weight excluding hydrogens is 328 g/mol. The number of hydrogen-bond acceptors (Lipinski definition) is 4. The molecule has 3 aromatic rings. The van der Waals surface area contributed by atoms with Crippen molar-refractivity contribution in [1.82, 2.24) is 9.55 Å². The Balaban J connectivity index is 2.11. The van der Waals surface area contributed by atoms with Gasteiger partial charge in [-0.1, -0.05) is 12.6 Å². The summed E-state index contributed by atoms with van der Waals surface area (Å²) >= 11 is 1.61. The van der Waals surface area contributed by atoms with Gasteiger partial charge in [0.1, 0.15) is 11.9 Å². The second kappa shape index (κ2) is 6.66. The summed E-state index contributed by atoms with van der Waals surface area (Å²) in [7, 11) is 5.91. The van der Waals surface area contributed by atoms with E-state index in [0.717, 1.165) is 38.4 Å². The molecule has 0 aliphatic carbocycles. The smallest absolute Gasteiger partial charge is 0.129 e. The number of aryl methyl sites for hydroxylation is 1. The molecule has 2 heterocycles. The monoisotopic (exact) mass is 348 g/mol. The molecule has 3 rings (SSSR count). The van der Waals surface area contributed by atoms with Gasteiger partial charge in [0.05, 0.1) is 10.6 Å². The molecule has 0 bridgehead atoms. The summed E-state index contributed by atoms with van der Waals surface area (Å²) in [6.07, 6.45) is 3.88. The summed E-state index contributed by atoms with van der Waals surface area (Å²) in [4.78, 5) is 6.60. The van der Waals surface area contributed by atoms with Gasteiger partial charge in [-0.3, -0.25) is 0 Å². The van der Waals surface area contributed by atoms with E-state index < -0.39 is 0 Å². The predicted octanol–water partition coefficient (Wildman–Crippen LogP) is 4.29. The van der Waals surface area contributed by atoms with Crippen molar-refractivity contribution in [2.45, 2.75) is 5.03 Å². The van der Waals surface area contributed by atoms with Crippen LogP contribution in [-0.4, -0.2) is 29.9 Å². The fourth-order valence-electron chi connectivity index (χ4n) is 2.83. The molecule has 5 heteroatoms. The third kappa shape index (κ3) is 3.13. The third-order valence-electron chi connectivity index (χ3n) is 4.26. The number of rotatable bonds is 4. The van der Waals surface area contributed by atoms with Crippen LogP contribution in [0, 0.1) is 11.3 Å². The van der Waals surface area contributed by atoms with Crippen molar-refractivity contribution in [1.29, 1.82) is 5.26 Å². The first kappa shape index (κ1) is 17.1. The Morgan fingerprint density at radius 1 is 1.24 bits per heavy atom.